The average molecular weight is 241 g/mol. The van der Waals surface area contributed by atoms with Crippen molar-refractivity contribution in [3.63, 3.8) is 0 Å². The van der Waals surface area contributed by atoms with E-state index in [0.29, 0.717) is 16.8 Å². The van der Waals surface area contributed by atoms with Gasteiger partial charge in [0.2, 0.25) is 0 Å². The molecule has 1 unspecified atom stereocenters. The Hall–Kier alpha value is -0.960. The van der Waals surface area contributed by atoms with E-state index in [0.717, 1.165) is 25.8 Å². The maximum Gasteiger partial charge on any atom is 0.270 e. The molecule has 4 heteroatoms. The Morgan fingerprint density at radius 1 is 1.62 bits per heavy atom. The third-order valence-corrected chi connectivity index (χ3v) is 3.46. The Kier molecular flexibility index (Phi) is 3.54. The number of amides is 1. The molecule has 0 spiro atoms. The number of likely N-dealkylation sites (tertiary alicyclic amines) is 1. The number of halogens is 1. The van der Waals surface area contributed by atoms with Gasteiger partial charge in [-0.05, 0) is 31.7 Å². The number of aromatic amines is 1. The van der Waals surface area contributed by atoms with E-state index in [4.69, 9.17) is 11.6 Å². The highest BCUT2D eigenvalue weighted by atomic mass is 35.5. The smallest absolute Gasteiger partial charge is 0.270 e. The molecule has 0 saturated carbocycles. The van der Waals surface area contributed by atoms with Crippen molar-refractivity contribution in [3.05, 3.63) is 23.0 Å². The van der Waals surface area contributed by atoms with Gasteiger partial charge in [-0.1, -0.05) is 18.5 Å². The van der Waals surface area contributed by atoms with Crippen molar-refractivity contribution in [1.82, 2.24) is 9.88 Å². The third-order valence-electron chi connectivity index (χ3n) is 3.24. The second-order valence-electron chi connectivity index (χ2n) is 4.29. The number of aromatic nitrogens is 1. The lowest BCUT2D eigenvalue weighted by Crippen LogP contribution is -2.43. The number of carbonyl (C=O) groups is 1. The monoisotopic (exact) mass is 240 g/mol. The second-order valence-corrected chi connectivity index (χ2v) is 4.72. The van der Waals surface area contributed by atoms with Gasteiger partial charge in [-0.15, -0.1) is 0 Å². The van der Waals surface area contributed by atoms with Crippen molar-refractivity contribution < 1.29 is 4.79 Å². The fraction of sp³-hybridized carbons (Fsp3) is 0.583. The maximum absolute atomic E-state index is 12.2. The van der Waals surface area contributed by atoms with E-state index in [-0.39, 0.29) is 5.91 Å². The van der Waals surface area contributed by atoms with Crippen LogP contribution in [-0.4, -0.2) is 28.4 Å². The van der Waals surface area contributed by atoms with E-state index in [2.05, 4.69) is 11.9 Å². The van der Waals surface area contributed by atoms with E-state index >= 15 is 0 Å². The topological polar surface area (TPSA) is 36.1 Å². The van der Waals surface area contributed by atoms with Gasteiger partial charge in [0.25, 0.3) is 5.91 Å². The number of rotatable bonds is 2. The van der Waals surface area contributed by atoms with Crippen LogP contribution in [0.4, 0.5) is 0 Å². The van der Waals surface area contributed by atoms with Crippen LogP contribution in [0, 0.1) is 0 Å². The molecular formula is C12H17ClN2O. The van der Waals surface area contributed by atoms with Crippen LogP contribution in [0.3, 0.4) is 0 Å². The summed E-state index contributed by atoms with van der Waals surface area (Å²) < 4.78 is 0. The maximum atomic E-state index is 12.2. The molecule has 3 nitrogen and oxygen atoms in total. The molecule has 1 saturated heterocycles. The first-order valence-corrected chi connectivity index (χ1v) is 6.25. The summed E-state index contributed by atoms with van der Waals surface area (Å²) in [5, 5.41) is 0.591. The Labute approximate surface area is 101 Å². The van der Waals surface area contributed by atoms with Gasteiger partial charge in [0.05, 0.1) is 5.02 Å². The minimum atomic E-state index is 0.0819. The number of hydrogen-bond donors (Lipinski definition) is 1. The average Bonchev–Trinajstić information content (AvgIpc) is 2.75. The molecular weight excluding hydrogens is 224 g/mol. The molecule has 0 bridgehead atoms. The van der Waals surface area contributed by atoms with Gasteiger partial charge in [-0.25, -0.2) is 0 Å². The molecule has 0 radical (unpaired) electrons. The molecule has 0 aromatic carbocycles. The summed E-state index contributed by atoms with van der Waals surface area (Å²) in [5.74, 6) is 0.0819. The number of H-pyrrole nitrogens is 1. The van der Waals surface area contributed by atoms with Crippen molar-refractivity contribution in [2.45, 2.75) is 38.6 Å². The molecule has 1 aromatic heterocycles. The minimum absolute atomic E-state index is 0.0819. The molecule has 1 fully saturated rings. The lowest BCUT2D eigenvalue weighted by Gasteiger charge is -2.34. The van der Waals surface area contributed by atoms with Crippen LogP contribution in [0.2, 0.25) is 5.02 Å². The molecule has 0 aliphatic carbocycles. The van der Waals surface area contributed by atoms with Crippen molar-refractivity contribution in [1.29, 1.82) is 0 Å². The third kappa shape index (κ3) is 2.24. The molecule has 2 heterocycles. The highest BCUT2D eigenvalue weighted by Gasteiger charge is 2.26. The van der Waals surface area contributed by atoms with Gasteiger partial charge in [0.1, 0.15) is 5.69 Å². The Morgan fingerprint density at radius 2 is 2.44 bits per heavy atom. The number of hydrogen-bond acceptors (Lipinski definition) is 1. The summed E-state index contributed by atoms with van der Waals surface area (Å²) in [6.45, 7) is 3.01. The van der Waals surface area contributed by atoms with Crippen molar-refractivity contribution in [3.8, 4) is 0 Å². The van der Waals surface area contributed by atoms with Crippen LogP contribution >= 0.6 is 11.6 Å². The van der Waals surface area contributed by atoms with E-state index in [9.17, 15) is 4.79 Å². The predicted molar refractivity (Wildman–Crippen MR) is 64.8 cm³/mol. The van der Waals surface area contributed by atoms with E-state index in [1.54, 1.807) is 12.3 Å². The fourth-order valence-corrected chi connectivity index (χ4v) is 2.50. The summed E-state index contributed by atoms with van der Waals surface area (Å²) in [6.07, 6.45) is 6.14. The van der Waals surface area contributed by atoms with Crippen molar-refractivity contribution in [2.24, 2.45) is 0 Å². The van der Waals surface area contributed by atoms with Gasteiger partial charge >= 0.3 is 0 Å². The highest BCUT2D eigenvalue weighted by molar-refractivity contribution is 6.30. The van der Waals surface area contributed by atoms with Crippen LogP contribution in [0.1, 0.15) is 43.1 Å². The van der Waals surface area contributed by atoms with Crippen LogP contribution in [0.15, 0.2) is 12.3 Å². The van der Waals surface area contributed by atoms with E-state index in [1.807, 2.05) is 4.90 Å². The van der Waals surface area contributed by atoms with Gasteiger partial charge in [-0.3, -0.25) is 4.79 Å². The Bertz CT molecular complexity index is 375. The summed E-state index contributed by atoms with van der Waals surface area (Å²) in [4.78, 5) is 17.1. The molecule has 1 aliphatic rings. The van der Waals surface area contributed by atoms with Gasteiger partial charge < -0.3 is 9.88 Å². The van der Waals surface area contributed by atoms with Crippen LogP contribution in [0.25, 0.3) is 0 Å². The zero-order valence-electron chi connectivity index (χ0n) is 9.50. The van der Waals surface area contributed by atoms with Gasteiger partial charge in [0.15, 0.2) is 0 Å². The molecule has 88 valence electrons. The fourth-order valence-electron chi connectivity index (χ4n) is 2.34. The number of carbonyl (C=O) groups excluding carboxylic acids is 1. The van der Waals surface area contributed by atoms with E-state index < -0.39 is 0 Å². The quantitative estimate of drug-likeness (QED) is 0.848. The summed E-state index contributed by atoms with van der Waals surface area (Å²) in [7, 11) is 0. The largest absolute Gasteiger partial charge is 0.356 e. The zero-order valence-corrected chi connectivity index (χ0v) is 10.3. The summed E-state index contributed by atoms with van der Waals surface area (Å²) in [6, 6.07) is 2.09. The number of piperidine rings is 1. The van der Waals surface area contributed by atoms with Crippen LogP contribution < -0.4 is 0 Å². The van der Waals surface area contributed by atoms with E-state index in [1.165, 1.54) is 6.42 Å². The Balaban J connectivity index is 2.13. The normalized spacial score (nSPS) is 21.1. The first kappa shape index (κ1) is 11.5. The number of nitrogens with one attached hydrogen (secondary N) is 1. The summed E-state index contributed by atoms with van der Waals surface area (Å²) >= 11 is 5.81. The highest BCUT2D eigenvalue weighted by Crippen LogP contribution is 2.22. The second kappa shape index (κ2) is 4.91. The van der Waals surface area contributed by atoms with Crippen molar-refractivity contribution in [2.75, 3.05) is 6.54 Å². The summed E-state index contributed by atoms with van der Waals surface area (Å²) in [5.41, 5.74) is 0.602. The van der Waals surface area contributed by atoms with Crippen molar-refractivity contribution >= 4 is 17.5 Å². The SMILES string of the molecule is CCC1CCCCN1C(=O)c1cc(Cl)c[nH]1. The molecule has 1 atom stereocenters. The Morgan fingerprint density at radius 3 is 3.06 bits per heavy atom. The molecule has 2 rings (SSSR count). The lowest BCUT2D eigenvalue weighted by molar-refractivity contribution is 0.0602. The molecule has 1 N–H and O–H groups in total. The van der Waals surface area contributed by atoms with Crippen LogP contribution in [-0.2, 0) is 0 Å². The standard InChI is InChI=1S/C12H17ClN2O/c1-2-10-5-3-4-6-15(10)12(16)11-7-9(13)8-14-11/h7-8,10,14H,2-6H2,1H3. The van der Waals surface area contributed by atoms with Crippen LogP contribution in [0.5, 0.6) is 0 Å². The molecule has 1 amide bonds. The van der Waals surface area contributed by atoms with Gasteiger partial charge in [-0.2, -0.15) is 0 Å². The molecule has 1 aliphatic heterocycles. The minimum Gasteiger partial charge on any atom is -0.356 e. The first-order valence-electron chi connectivity index (χ1n) is 5.87. The zero-order chi connectivity index (χ0) is 11.5. The molecule has 16 heavy (non-hydrogen) atoms. The van der Waals surface area contributed by atoms with Gasteiger partial charge in [0, 0.05) is 18.8 Å². The lowest BCUT2D eigenvalue weighted by atomic mass is 10.00. The number of nitrogens with zero attached hydrogens (tertiary/aromatic N) is 1. The predicted octanol–water partition coefficient (Wildman–Crippen LogP) is 3.07. The first-order chi connectivity index (χ1) is 7.72. The molecule has 1 aromatic rings.